The monoisotopic (exact) mass is 176 g/mol. The van der Waals surface area contributed by atoms with E-state index in [-0.39, 0.29) is 5.75 Å². The number of hydrogen-bond acceptors (Lipinski definition) is 2. The number of hydrogen-bond donors (Lipinski definition) is 1. The van der Waals surface area contributed by atoms with E-state index in [1.807, 2.05) is 17.8 Å². The summed E-state index contributed by atoms with van der Waals surface area (Å²) in [6, 6.07) is 3.62. The van der Waals surface area contributed by atoms with Gasteiger partial charge in [-0.25, -0.2) is 0 Å². The van der Waals surface area contributed by atoms with Crippen molar-refractivity contribution in [1.82, 2.24) is 0 Å². The van der Waals surface area contributed by atoms with Gasteiger partial charge in [-0.2, -0.15) is 0 Å². The molecule has 60 valence electrons. The molecule has 0 spiro atoms. The lowest BCUT2D eigenvalue weighted by Gasteiger charge is -2.18. The zero-order valence-corrected chi connectivity index (χ0v) is 7.53. The Bertz CT molecular complexity index is 312. The van der Waals surface area contributed by atoms with Crippen LogP contribution in [-0.4, -0.2) is 18.7 Å². The zero-order valence-electron chi connectivity index (χ0n) is 6.71. The summed E-state index contributed by atoms with van der Waals surface area (Å²) in [7, 11) is 5.74. The van der Waals surface area contributed by atoms with Gasteiger partial charge in [0.25, 0.3) is 0 Å². The summed E-state index contributed by atoms with van der Waals surface area (Å²) < 4.78 is 0. The summed E-state index contributed by atoms with van der Waals surface area (Å²) in [6.45, 7) is 0. The highest BCUT2D eigenvalue weighted by Crippen LogP contribution is 2.30. The Labute approximate surface area is 77.6 Å². The minimum Gasteiger partial charge on any atom is -0.509 e. The predicted octanol–water partition coefficient (Wildman–Crippen LogP) is 1.22. The molecule has 2 radical (unpaired) electrons. The minimum absolute atomic E-state index is 0.219. The highest BCUT2D eigenvalue weighted by molar-refractivity contribution is 7.99. The van der Waals surface area contributed by atoms with Crippen molar-refractivity contribution in [3.63, 3.8) is 0 Å². The predicted molar refractivity (Wildman–Crippen MR) is 52.5 cm³/mol. The molecule has 1 heterocycles. The van der Waals surface area contributed by atoms with Crippen LogP contribution in [0.2, 0.25) is 0 Å². The first-order valence-corrected chi connectivity index (χ1v) is 5.00. The Morgan fingerprint density at radius 1 is 1.42 bits per heavy atom. The number of fused-ring (bicyclic) bond motifs is 1. The standard InChI is InChI=1S/C9H9BOS/c10-9-6-2-1-5-12-8(6)4-3-7(9)11/h3-4,11H,1-2,5H2. The largest absolute Gasteiger partial charge is 0.509 e. The van der Waals surface area contributed by atoms with Crippen molar-refractivity contribution in [2.24, 2.45) is 0 Å². The van der Waals surface area contributed by atoms with Crippen LogP contribution in [0.1, 0.15) is 12.0 Å². The Morgan fingerprint density at radius 3 is 3.08 bits per heavy atom. The summed E-state index contributed by atoms with van der Waals surface area (Å²) in [4.78, 5) is 1.23. The SMILES string of the molecule is [B]c1c(O)ccc2c1CCCS2. The number of thioether (sulfide) groups is 1. The smallest absolute Gasteiger partial charge is 0.119 e. The Morgan fingerprint density at radius 2 is 2.25 bits per heavy atom. The molecule has 0 unspecified atom stereocenters. The van der Waals surface area contributed by atoms with Crippen molar-refractivity contribution in [2.75, 3.05) is 5.75 Å². The fourth-order valence-electron chi connectivity index (χ4n) is 1.46. The van der Waals surface area contributed by atoms with Gasteiger partial charge in [0.15, 0.2) is 0 Å². The van der Waals surface area contributed by atoms with Crippen LogP contribution in [0.4, 0.5) is 0 Å². The number of phenolic OH excluding ortho intramolecular Hbond substituents is 1. The third-order valence-corrected chi connectivity index (χ3v) is 3.31. The third-order valence-electron chi connectivity index (χ3n) is 2.12. The number of phenols is 1. The molecule has 1 aliphatic rings. The lowest BCUT2D eigenvalue weighted by Crippen LogP contribution is -2.15. The van der Waals surface area contributed by atoms with Gasteiger partial charge in [0.1, 0.15) is 13.6 Å². The minimum atomic E-state index is 0.219. The molecule has 0 saturated heterocycles. The molecule has 1 N–H and O–H groups in total. The van der Waals surface area contributed by atoms with Crippen LogP contribution in [0.25, 0.3) is 0 Å². The van der Waals surface area contributed by atoms with Crippen LogP contribution in [0, 0.1) is 0 Å². The van der Waals surface area contributed by atoms with E-state index in [9.17, 15) is 5.11 Å². The fraction of sp³-hybridized carbons (Fsp3) is 0.333. The first-order valence-electron chi connectivity index (χ1n) is 4.02. The average molecular weight is 176 g/mol. The van der Waals surface area contributed by atoms with Gasteiger partial charge >= 0.3 is 0 Å². The van der Waals surface area contributed by atoms with E-state index in [2.05, 4.69) is 0 Å². The summed E-state index contributed by atoms with van der Waals surface area (Å²) in [5, 5.41) is 9.34. The lowest BCUT2D eigenvalue weighted by atomic mass is 9.87. The number of benzene rings is 1. The third kappa shape index (κ3) is 1.22. The molecule has 0 fully saturated rings. The molecule has 1 aliphatic heterocycles. The van der Waals surface area contributed by atoms with E-state index >= 15 is 0 Å². The molecule has 1 aromatic carbocycles. The molecular weight excluding hydrogens is 167 g/mol. The van der Waals surface area contributed by atoms with Crippen LogP contribution in [0.3, 0.4) is 0 Å². The Balaban J connectivity index is 2.54. The van der Waals surface area contributed by atoms with Gasteiger partial charge in [0.05, 0.1) is 0 Å². The maximum Gasteiger partial charge on any atom is 0.119 e. The maximum absolute atomic E-state index is 9.34. The summed E-state index contributed by atoms with van der Waals surface area (Å²) in [6.07, 6.45) is 2.16. The molecular formula is C9H9BOS. The van der Waals surface area contributed by atoms with Gasteiger partial charge in [-0.05, 0) is 36.3 Å². The van der Waals surface area contributed by atoms with Crippen molar-refractivity contribution >= 4 is 25.1 Å². The van der Waals surface area contributed by atoms with Crippen molar-refractivity contribution in [1.29, 1.82) is 0 Å². The molecule has 0 bridgehead atoms. The van der Waals surface area contributed by atoms with Gasteiger partial charge < -0.3 is 5.11 Å². The Hall–Kier alpha value is -0.565. The average Bonchev–Trinajstić information content (AvgIpc) is 2.12. The van der Waals surface area contributed by atoms with Gasteiger partial charge in [0, 0.05) is 4.90 Å². The fourth-order valence-corrected chi connectivity index (χ4v) is 2.52. The second-order valence-corrected chi connectivity index (χ2v) is 4.06. The van der Waals surface area contributed by atoms with E-state index in [4.69, 9.17) is 7.85 Å². The zero-order chi connectivity index (χ0) is 8.55. The Kier molecular flexibility index (Phi) is 2.05. The summed E-state index contributed by atoms with van der Waals surface area (Å²) in [5.41, 5.74) is 1.70. The number of aromatic hydroxyl groups is 1. The van der Waals surface area contributed by atoms with Crippen LogP contribution in [0.15, 0.2) is 17.0 Å². The molecule has 3 heteroatoms. The van der Waals surface area contributed by atoms with E-state index < -0.39 is 0 Å². The van der Waals surface area contributed by atoms with E-state index in [1.165, 1.54) is 4.90 Å². The van der Waals surface area contributed by atoms with Crippen molar-refractivity contribution in [2.45, 2.75) is 17.7 Å². The van der Waals surface area contributed by atoms with E-state index in [1.54, 1.807) is 6.07 Å². The second kappa shape index (κ2) is 3.06. The highest BCUT2D eigenvalue weighted by Gasteiger charge is 2.12. The first kappa shape index (κ1) is 8.05. The molecule has 12 heavy (non-hydrogen) atoms. The molecule has 0 aliphatic carbocycles. The molecule has 0 saturated carbocycles. The van der Waals surface area contributed by atoms with Crippen molar-refractivity contribution in [3.05, 3.63) is 17.7 Å². The van der Waals surface area contributed by atoms with Crippen LogP contribution in [0.5, 0.6) is 5.75 Å². The molecule has 2 rings (SSSR count). The summed E-state index contributed by atoms with van der Waals surface area (Å²) in [5.74, 6) is 1.38. The summed E-state index contributed by atoms with van der Waals surface area (Å²) >= 11 is 1.82. The molecule has 1 nitrogen and oxygen atoms in total. The quantitative estimate of drug-likeness (QED) is 0.600. The highest BCUT2D eigenvalue weighted by atomic mass is 32.2. The van der Waals surface area contributed by atoms with Crippen LogP contribution < -0.4 is 5.46 Å². The van der Waals surface area contributed by atoms with Crippen molar-refractivity contribution in [3.8, 4) is 5.75 Å². The van der Waals surface area contributed by atoms with Gasteiger partial charge in [-0.3, -0.25) is 0 Å². The normalized spacial score (nSPS) is 15.7. The van der Waals surface area contributed by atoms with Crippen molar-refractivity contribution < 1.29 is 5.11 Å². The van der Waals surface area contributed by atoms with Gasteiger partial charge in [-0.15, -0.1) is 11.8 Å². The van der Waals surface area contributed by atoms with E-state index in [0.717, 1.165) is 24.2 Å². The van der Waals surface area contributed by atoms with E-state index in [0.29, 0.717) is 5.46 Å². The molecule has 1 aromatic rings. The van der Waals surface area contributed by atoms with Gasteiger partial charge in [0.2, 0.25) is 0 Å². The molecule has 0 atom stereocenters. The topological polar surface area (TPSA) is 20.2 Å². The maximum atomic E-state index is 9.34. The molecule has 0 amide bonds. The number of rotatable bonds is 0. The second-order valence-electron chi connectivity index (χ2n) is 2.93. The van der Waals surface area contributed by atoms with Crippen LogP contribution in [-0.2, 0) is 6.42 Å². The first-order chi connectivity index (χ1) is 5.79. The van der Waals surface area contributed by atoms with Gasteiger partial charge in [-0.1, -0.05) is 5.46 Å². The van der Waals surface area contributed by atoms with Crippen LogP contribution >= 0.6 is 11.8 Å². The molecule has 0 aromatic heterocycles. The lowest BCUT2D eigenvalue weighted by molar-refractivity contribution is 0.478.